The number of piperidine rings is 1. The van der Waals surface area contributed by atoms with E-state index in [1.54, 1.807) is 20.8 Å². The Balaban J connectivity index is 1.96. The van der Waals surface area contributed by atoms with Gasteiger partial charge in [0.1, 0.15) is 0 Å². The fourth-order valence-corrected chi connectivity index (χ4v) is 7.45. The topological polar surface area (TPSA) is 91.8 Å². The molecule has 3 rings (SSSR count). The van der Waals surface area contributed by atoms with Gasteiger partial charge < -0.3 is 0 Å². The number of carbonyl (C=O) groups is 1. The predicted octanol–water partition coefficient (Wildman–Crippen LogP) is 2.12. The van der Waals surface area contributed by atoms with Crippen LogP contribution in [-0.4, -0.2) is 45.9 Å². The zero-order valence-corrected chi connectivity index (χ0v) is 17.7. The first kappa shape index (κ1) is 20.3. The molecule has 7 nitrogen and oxygen atoms in total. The summed E-state index contributed by atoms with van der Waals surface area (Å²) < 4.78 is 53.1. The molecule has 0 aliphatic carbocycles. The van der Waals surface area contributed by atoms with E-state index in [-0.39, 0.29) is 16.3 Å². The van der Waals surface area contributed by atoms with Crippen LogP contribution in [0.15, 0.2) is 23.1 Å². The summed E-state index contributed by atoms with van der Waals surface area (Å²) in [6.07, 6.45) is 1.65. The van der Waals surface area contributed by atoms with E-state index in [0.29, 0.717) is 24.6 Å². The Bertz CT molecular complexity index is 975. The van der Waals surface area contributed by atoms with Gasteiger partial charge in [-0.3, -0.25) is 4.79 Å². The number of hydrogen-bond donors (Lipinski definition) is 0. The largest absolute Gasteiger partial charge is 0.273 e. The van der Waals surface area contributed by atoms with Crippen molar-refractivity contribution in [3.8, 4) is 0 Å². The number of hydrogen-bond acceptors (Lipinski definition) is 5. The molecule has 9 heteroatoms. The summed E-state index contributed by atoms with van der Waals surface area (Å²) in [6.45, 7) is 7.89. The average Bonchev–Trinajstić information content (AvgIpc) is 2.70. The molecule has 2 fully saturated rings. The molecule has 0 saturated carbocycles. The summed E-state index contributed by atoms with van der Waals surface area (Å²) in [5.41, 5.74) is -0.379. The Morgan fingerprint density at radius 2 is 1.74 bits per heavy atom. The van der Waals surface area contributed by atoms with E-state index in [2.05, 4.69) is 6.92 Å². The smallest absolute Gasteiger partial charge is 0.247 e. The average molecular weight is 415 g/mol. The molecule has 2 aliphatic rings. The Kier molecular flexibility index (Phi) is 4.93. The summed E-state index contributed by atoms with van der Waals surface area (Å²) in [5.74, 6) is -0.249. The van der Waals surface area contributed by atoms with Gasteiger partial charge in [-0.05, 0) is 63.3 Å². The molecule has 0 unspecified atom stereocenters. The van der Waals surface area contributed by atoms with Gasteiger partial charge in [-0.2, -0.15) is 4.31 Å². The van der Waals surface area contributed by atoms with Gasteiger partial charge in [0.05, 0.1) is 21.8 Å². The Morgan fingerprint density at radius 1 is 1.15 bits per heavy atom. The molecule has 0 radical (unpaired) electrons. The van der Waals surface area contributed by atoms with E-state index >= 15 is 0 Å². The van der Waals surface area contributed by atoms with E-state index in [9.17, 15) is 21.6 Å². The minimum Gasteiger partial charge on any atom is -0.273 e. The maximum Gasteiger partial charge on any atom is 0.247 e. The minimum absolute atomic E-state index is 0.157. The molecule has 150 valence electrons. The molecule has 0 bridgehead atoms. The van der Waals surface area contributed by atoms with Gasteiger partial charge in [0.25, 0.3) is 0 Å². The number of benzene rings is 1. The molecule has 0 atom stereocenters. The molecular weight excluding hydrogens is 388 g/mol. The Labute approximate surface area is 161 Å². The summed E-state index contributed by atoms with van der Waals surface area (Å²) in [6, 6.07) is 4.28. The van der Waals surface area contributed by atoms with Gasteiger partial charge in [0.2, 0.25) is 26.0 Å². The van der Waals surface area contributed by atoms with E-state index in [1.165, 1.54) is 22.5 Å². The van der Waals surface area contributed by atoms with Crippen LogP contribution >= 0.6 is 0 Å². The standard InChI is InChI=1S/C18H26N2O5S2/c1-13-7-9-19(10-8-13)27(24,25)16-6-5-15(11-14(16)2)20-17(21)18(3,4)12-26(20,22)23/h5-6,11,13H,7-10,12H2,1-4H3. The lowest BCUT2D eigenvalue weighted by Crippen LogP contribution is -2.38. The molecule has 2 aliphatic heterocycles. The zero-order chi connectivity index (χ0) is 20.2. The van der Waals surface area contributed by atoms with Crippen LogP contribution < -0.4 is 4.31 Å². The number of anilines is 1. The molecule has 1 amide bonds. The monoisotopic (exact) mass is 414 g/mol. The van der Waals surface area contributed by atoms with Crippen molar-refractivity contribution in [3.05, 3.63) is 23.8 Å². The molecule has 27 heavy (non-hydrogen) atoms. The summed E-state index contributed by atoms with van der Waals surface area (Å²) in [7, 11) is -7.41. The first-order valence-corrected chi connectivity index (χ1v) is 12.1. The highest BCUT2D eigenvalue weighted by Crippen LogP contribution is 2.37. The highest BCUT2D eigenvalue weighted by Gasteiger charge is 2.50. The first-order chi connectivity index (χ1) is 12.4. The lowest BCUT2D eigenvalue weighted by Gasteiger charge is -2.30. The Hall–Kier alpha value is -1.45. The molecule has 2 heterocycles. The number of rotatable bonds is 3. The van der Waals surface area contributed by atoms with Crippen molar-refractivity contribution in [2.24, 2.45) is 11.3 Å². The van der Waals surface area contributed by atoms with Crippen LogP contribution in [0.25, 0.3) is 0 Å². The minimum atomic E-state index is -3.76. The van der Waals surface area contributed by atoms with Gasteiger partial charge in [-0.25, -0.2) is 21.1 Å². The third-order valence-corrected chi connectivity index (χ3v) is 9.42. The molecular formula is C18H26N2O5S2. The maximum absolute atomic E-state index is 13.0. The molecule has 0 spiro atoms. The number of aryl methyl sites for hydroxylation is 1. The first-order valence-electron chi connectivity index (χ1n) is 9.04. The van der Waals surface area contributed by atoms with Gasteiger partial charge in [-0.1, -0.05) is 6.92 Å². The summed E-state index contributed by atoms with van der Waals surface area (Å²) >= 11 is 0. The van der Waals surface area contributed by atoms with Crippen molar-refractivity contribution < 1.29 is 21.6 Å². The third-order valence-electron chi connectivity index (χ3n) is 5.34. The zero-order valence-electron chi connectivity index (χ0n) is 16.1. The van der Waals surface area contributed by atoms with Crippen molar-refractivity contribution >= 4 is 31.6 Å². The molecule has 0 aromatic heterocycles. The van der Waals surface area contributed by atoms with Crippen LogP contribution in [0.1, 0.15) is 39.2 Å². The highest BCUT2D eigenvalue weighted by molar-refractivity contribution is 7.94. The van der Waals surface area contributed by atoms with Crippen molar-refractivity contribution in [1.82, 2.24) is 4.31 Å². The van der Waals surface area contributed by atoms with Crippen molar-refractivity contribution in [2.75, 3.05) is 23.1 Å². The van der Waals surface area contributed by atoms with E-state index in [1.807, 2.05) is 0 Å². The van der Waals surface area contributed by atoms with Crippen LogP contribution in [0.5, 0.6) is 0 Å². The van der Waals surface area contributed by atoms with Crippen molar-refractivity contribution in [3.63, 3.8) is 0 Å². The maximum atomic E-state index is 13.0. The second kappa shape index (κ2) is 6.56. The van der Waals surface area contributed by atoms with Gasteiger partial charge in [0, 0.05) is 13.1 Å². The number of sulfonamides is 2. The van der Waals surface area contributed by atoms with Gasteiger partial charge in [0.15, 0.2) is 0 Å². The fourth-order valence-electron chi connectivity index (χ4n) is 3.68. The molecule has 1 aromatic rings. The van der Waals surface area contributed by atoms with E-state index < -0.39 is 31.4 Å². The van der Waals surface area contributed by atoms with Crippen LogP contribution in [0.4, 0.5) is 5.69 Å². The predicted molar refractivity (Wildman–Crippen MR) is 103 cm³/mol. The normalized spacial score (nSPS) is 23.7. The number of carbonyl (C=O) groups excluding carboxylic acids is 1. The quantitative estimate of drug-likeness (QED) is 0.755. The fraction of sp³-hybridized carbons (Fsp3) is 0.611. The van der Waals surface area contributed by atoms with Crippen molar-refractivity contribution in [1.29, 1.82) is 0 Å². The molecule has 2 saturated heterocycles. The molecule has 1 aromatic carbocycles. The second-order valence-corrected chi connectivity index (χ2v) is 12.0. The van der Waals surface area contributed by atoms with Crippen LogP contribution in [0.2, 0.25) is 0 Å². The van der Waals surface area contributed by atoms with Crippen LogP contribution in [0.3, 0.4) is 0 Å². The van der Waals surface area contributed by atoms with Crippen molar-refractivity contribution in [2.45, 2.75) is 45.4 Å². The van der Waals surface area contributed by atoms with Crippen LogP contribution in [-0.2, 0) is 24.8 Å². The third kappa shape index (κ3) is 3.52. The van der Waals surface area contributed by atoms with Crippen LogP contribution in [0, 0.1) is 18.3 Å². The summed E-state index contributed by atoms with van der Waals surface area (Å²) in [5, 5.41) is 0. The van der Waals surface area contributed by atoms with Gasteiger partial charge >= 0.3 is 0 Å². The number of nitrogens with zero attached hydrogens (tertiary/aromatic N) is 2. The van der Waals surface area contributed by atoms with E-state index in [4.69, 9.17) is 0 Å². The lowest BCUT2D eigenvalue weighted by molar-refractivity contribution is -0.123. The SMILES string of the molecule is Cc1cc(N2C(=O)C(C)(C)CS2(=O)=O)ccc1S(=O)(=O)N1CCC(C)CC1. The lowest BCUT2D eigenvalue weighted by atomic mass is 9.95. The van der Waals surface area contributed by atoms with Gasteiger partial charge in [-0.15, -0.1) is 0 Å². The summed E-state index contributed by atoms with van der Waals surface area (Å²) in [4.78, 5) is 12.7. The van der Waals surface area contributed by atoms with E-state index in [0.717, 1.165) is 17.1 Å². The second-order valence-electron chi connectivity index (χ2n) is 8.25. The number of amides is 1. The molecule has 0 N–H and O–H groups in total. The Morgan fingerprint density at radius 3 is 2.22 bits per heavy atom. The highest BCUT2D eigenvalue weighted by atomic mass is 32.2.